The van der Waals surface area contributed by atoms with Crippen molar-refractivity contribution in [1.82, 2.24) is 4.90 Å². The van der Waals surface area contributed by atoms with Crippen molar-refractivity contribution in [2.24, 2.45) is 45.3 Å². The zero-order valence-electron chi connectivity index (χ0n) is 27.3. The standard InChI is InChI=1S/C35H59NO5/c1-9-36(8)18-19-39-29-14-15-35-21-34(35)17-16-33(7)24-10-12-26(30(32(5,6)38)40-22(2)37)41-27(24)20-25(33)23(34)11-13-28(35)31(29,3)4/h23-30,38H,9-21H2,1-8H3/t23-,24?,25?,26+,27+,28?,29-,30-,33+,34-,35+/m0/s1. The van der Waals surface area contributed by atoms with Crippen molar-refractivity contribution < 1.29 is 24.1 Å². The SMILES string of the molecule is CCN(C)CCO[C@H]1CC[C@]23C[C@]24CC[C@]2(C)C5CC[C@H]([C@H](OC(C)=O)C(C)(C)O)O[C@@H]5CC2[C@@H]4CCC3C1(C)C. The van der Waals surface area contributed by atoms with Gasteiger partial charge in [-0.1, -0.05) is 27.7 Å². The van der Waals surface area contributed by atoms with E-state index < -0.39 is 11.7 Å². The van der Waals surface area contributed by atoms with E-state index in [4.69, 9.17) is 14.2 Å². The van der Waals surface area contributed by atoms with Gasteiger partial charge in [-0.2, -0.15) is 0 Å². The molecule has 3 unspecified atom stereocenters. The van der Waals surface area contributed by atoms with Gasteiger partial charge < -0.3 is 24.2 Å². The lowest BCUT2D eigenvalue weighted by Crippen LogP contribution is -2.55. The van der Waals surface area contributed by atoms with Gasteiger partial charge in [0.2, 0.25) is 0 Å². The smallest absolute Gasteiger partial charge is 0.303 e. The molecule has 5 saturated carbocycles. The number of hydrogen-bond acceptors (Lipinski definition) is 6. The number of nitrogens with zero attached hydrogens (tertiary/aromatic N) is 1. The van der Waals surface area contributed by atoms with E-state index in [-0.39, 0.29) is 23.6 Å². The molecule has 41 heavy (non-hydrogen) atoms. The largest absolute Gasteiger partial charge is 0.457 e. The normalized spacial score (nSPS) is 46.9. The Morgan fingerprint density at radius 1 is 1.02 bits per heavy atom. The van der Waals surface area contributed by atoms with Gasteiger partial charge in [0.25, 0.3) is 0 Å². The van der Waals surface area contributed by atoms with Gasteiger partial charge in [-0.3, -0.25) is 4.79 Å². The van der Waals surface area contributed by atoms with Gasteiger partial charge in [0.05, 0.1) is 30.5 Å². The molecule has 1 heterocycles. The van der Waals surface area contributed by atoms with Crippen LogP contribution in [0, 0.1) is 45.3 Å². The van der Waals surface area contributed by atoms with Crippen molar-refractivity contribution in [3.05, 3.63) is 0 Å². The first-order valence-corrected chi connectivity index (χ1v) is 17.0. The molecule has 1 aliphatic heterocycles. The molecule has 6 rings (SSSR count). The maximum absolute atomic E-state index is 11.9. The number of carbonyl (C=O) groups excluding carboxylic acids is 1. The zero-order valence-corrected chi connectivity index (χ0v) is 27.3. The first-order chi connectivity index (χ1) is 19.2. The molecular formula is C35H59NO5. The number of esters is 1. The van der Waals surface area contributed by atoms with E-state index in [0.29, 0.717) is 28.3 Å². The highest BCUT2D eigenvalue weighted by atomic mass is 16.6. The van der Waals surface area contributed by atoms with Crippen LogP contribution in [0.15, 0.2) is 0 Å². The molecule has 5 aliphatic carbocycles. The van der Waals surface area contributed by atoms with E-state index in [1.807, 2.05) is 0 Å². The highest BCUT2D eigenvalue weighted by molar-refractivity contribution is 5.66. The third-order valence-corrected chi connectivity index (χ3v) is 14.2. The number of hydrogen-bond donors (Lipinski definition) is 1. The average molecular weight is 574 g/mol. The van der Waals surface area contributed by atoms with E-state index in [1.165, 1.54) is 51.9 Å². The van der Waals surface area contributed by atoms with Crippen LogP contribution in [0.4, 0.5) is 0 Å². The first kappa shape index (κ1) is 30.3. The van der Waals surface area contributed by atoms with Crippen molar-refractivity contribution in [1.29, 1.82) is 0 Å². The van der Waals surface area contributed by atoms with E-state index in [2.05, 4.69) is 39.6 Å². The van der Waals surface area contributed by atoms with Crippen LogP contribution in [-0.2, 0) is 19.0 Å². The Morgan fingerprint density at radius 3 is 2.44 bits per heavy atom. The van der Waals surface area contributed by atoms with Crippen LogP contribution in [-0.4, -0.2) is 72.7 Å². The Kier molecular flexibility index (Phi) is 7.53. The zero-order chi connectivity index (χ0) is 29.6. The molecule has 2 spiro atoms. The van der Waals surface area contributed by atoms with Gasteiger partial charge in [-0.05, 0) is 137 Å². The summed E-state index contributed by atoms with van der Waals surface area (Å²) >= 11 is 0. The Hall–Kier alpha value is -0.690. The summed E-state index contributed by atoms with van der Waals surface area (Å²) in [5.74, 6) is 2.55. The first-order valence-electron chi connectivity index (χ1n) is 17.0. The maximum Gasteiger partial charge on any atom is 0.303 e. The highest BCUT2D eigenvalue weighted by Gasteiger charge is 2.80. The van der Waals surface area contributed by atoms with E-state index in [1.54, 1.807) is 13.8 Å². The summed E-state index contributed by atoms with van der Waals surface area (Å²) in [5.41, 5.74) is 0.517. The molecule has 6 aliphatic rings. The fraction of sp³-hybridized carbons (Fsp3) is 0.971. The second-order valence-corrected chi connectivity index (χ2v) is 16.8. The van der Waals surface area contributed by atoms with Crippen molar-refractivity contribution in [2.45, 2.75) is 143 Å². The van der Waals surface area contributed by atoms with Gasteiger partial charge in [-0.25, -0.2) is 0 Å². The summed E-state index contributed by atoms with van der Waals surface area (Å²) in [6.45, 7) is 17.7. The maximum atomic E-state index is 11.9. The van der Waals surface area contributed by atoms with Crippen LogP contribution in [0.1, 0.15) is 113 Å². The van der Waals surface area contributed by atoms with E-state index in [0.717, 1.165) is 56.7 Å². The predicted octanol–water partition coefficient (Wildman–Crippen LogP) is 6.23. The van der Waals surface area contributed by atoms with Crippen LogP contribution >= 0.6 is 0 Å². The average Bonchev–Trinajstić information content (AvgIpc) is 3.47. The molecule has 234 valence electrons. The molecule has 6 fully saturated rings. The third kappa shape index (κ3) is 4.58. The Labute approximate surface area is 249 Å². The molecular weight excluding hydrogens is 514 g/mol. The van der Waals surface area contributed by atoms with E-state index in [9.17, 15) is 9.90 Å². The topological polar surface area (TPSA) is 68.2 Å². The van der Waals surface area contributed by atoms with Crippen molar-refractivity contribution in [3.63, 3.8) is 0 Å². The Balaban J connectivity index is 1.17. The molecule has 0 radical (unpaired) electrons. The molecule has 6 heteroatoms. The fourth-order valence-electron chi connectivity index (χ4n) is 12.1. The lowest BCUT2D eigenvalue weighted by Gasteiger charge is -2.59. The van der Waals surface area contributed by atoms with Crippen LogP contribution in [0.25, 0.3) is 0 Å². The molecule has 1 N–H and O–H groups in total. The van der Waals surface area contributed by atoms with Gasteiger partial charge in [-0.15, -0.1) is 0 Å². The van der Waals surface area contributed by atoms with Crippen molar-refractivity contribution >= 4 is 5.97 Å². The number of likely N-dealkylation sites (N-methyl/N-ethyl adjacent to an activating group) is 1. The van der Waals surface area contributed by atoms with Gasteiger partial charge in [0.15, 0.2) is 6.10 Å². The molecule has 0 amide bonds. The molecule has 0 aromatic heterocycles. The van der Waals surface area contributed by atoms with E-state index >= 15 is 0 Å². The molecule has 0 aromatic carbocycles. The third-order valence-electron chi connectivity index (χ3n) is 14.2. The second-order valence-electron chi connectivity index (χ2n) is 16.8. The minimum atomic E-state index is -1.12. The summed E-state index contributed by atoms with van der Waals surface area (Å²) < 4.78 is 19.1. The minimum Gasteiger partial charge on any atom is -0.457 e. The Bertz CT molecular complexity index is 1010. The summed E-state index contributed by atoms with van der Waals surface area (Å²) in [4.78, 5) is 14.2. The van der Waals surface area contributed by atoms with Crippen LogP contribution < -0.4 is 0 Å². The lowest BCUT2D eigenvalue weighted by atomic mass is 9.46. The van der Waals surface area contributed by atoms with Crippen LogP contribution in [0.5, 0.6) is 0 Å². The number of fused-ring (bicyclic) bond motifs is 4. The summed E-state index contributed by atoms with van der Waals surface area (Å²) in [6.07, 6.45) is 12.3. The van der Waals surface area contributed by atoms with Gasteiger partial charge in [0.1, 0.15) is 0 Å². The number of carbonyl (C=O) groups is 1. The van der Waals surface area contributed by atoms with Crippen LogP contribution in [0.2, 0.25) is 0 Å². The van der Waals surface area contributed by atoms with Gasteiger partial charge in [0, 0.05) is 13.5 Å². The lowest BCUT2D eigenvalue weighted by molar-refractivity contribution is -0.200. The molecule has 6 nitrogen and oxygen atoms in total. The summed E-state index contributed by atoms with van der Waals surface area (Å²) in [5, 5.41) is 10.9. The molecule has 1 saturated heterocycles. The number of aliphatic hydroxyl groups is 1. The van der Waals surface area contributed by atoms with Crippen molar-refractivity contribution in [2.75, 3.05) is 26.7 Å². The van der Waals surface area contributed by atoms with Gasteiger partial charge >= 0.3 is 5.97 Å². The van der Waals surface area contributed by atoms with Crippen molar-refractivity contribution in [3.8, 4) is 0 Å². The second kappa shape index (κ2) is 10.2. The fourth-order valence-corrected chi connectivity index (χ4v) is 12.1. The Morgan fingerprint density at radius 2 is 1.76 bits per heavy atom. The number of ether oxygens (including phenoxy) is 3. The summed E-state index contributed by atoms with van der Waals surface area (Å²) in [7, 11) is 2.19. The predicted molar refractivity (Wildman–Crippen MR) is 160 cm³/mol. The number of rotatable bonds is 8. The molecule has 0 bridgehead atoms. The molecule has 11 atom stereocenters. The minimum absolute atomic E-state index is 0.216. The summed E-state index contributed by atoms with van der Waals surface area (Å²) in [6, 6.07) is 0. The van der Waals surface area contributed by atoms with Crippen LogP contribution in [0.3, 0.4) is 0 Å². The monoisotopic (exact) mass is 573 g/mol. The molecule has 0 aromatic rings. The quantitative estimate of drug-likeness (QED) is 0.347. The highest BCUT2D eigenvalue weighted by Crippen LogP contribution is 2.87.